The third-order valence-electron chi connectivity index (χ3n) is 3.13. The molecule has 0 bridgehead atoms. The minimum atomic E-state index is -0.513. The third-order valence-corrected chi connectivity index (χ3v) is 3.13. The van der Waals surface area contributed by atoms with Crippen molar-refractivity contribution in [3.05, 3.63) is 65.2 Å². The minimum absolute atomic E-state index is 0.190. The van der Waals surface area contributed by atoms with E-state index in [4.69, 9.17) is 4.74 Å². The standard InChI is InChI=1S/C16H15F2NO2/c1-10(13-9-11(17)7-8-14(13)18)19-15-6-4-3-5-12(15)16(20)21-2/h3-10,19H,1-2H3. The van der Waals surface area contributed by atoms with Crippen LogP contribution in [0.15, 0.2) is 42.5 Å². The average Bonchev–Trinajstić information content (AvgIpc) is 2.49. The van der Waals surface area contributed by atoms with Crippen molar-refractivity contribution in [2.75, 3.05) is 12.4 Å². The van der Waals surface area contributed by atoms with E-state index in [0.29, 0.717) is 11.3 Å². The highest BCUT2D eigenvalue weighted by molar-refractivity contribution is 5.95. The van der Waals surface area contributed by atoms with Gasteiger partial charge in [0.15, 0.2) is 0 Å². The first-order valence-electron chi connectivity index (χ1n) is 6.41. The summed E-state index contributed by atoms with van der Waals surface area (Å²) in [6, 6.07) is 9.49. The average molecular weight is 291 g/mol. The van der Waals surface area contributed by atoms with Gasteiger partial charge in [0.2, 0.25) is 0 Å². The number of carbonyl (C=O) groups excluding carboxylic acids is 1. The van der Waals surface area contributed by atoms with E-state index < -0.39 is 23.6 Å². The SMILES string of the molecule is COC(=O)c1ccccc1NC(C)c1cc(F)ccc1F. The summed E-state index contributed by atoms with van der Waals surface area (Å²) < 4.78 is 31.7. The first kappa shape index (κ1) is 15.0. The Morgan fingerprint density at radius 3 is 2.62 bits per heavy atom. The summed E-state index contributed by atoms with van der Waals surface area (Å²) in [5.74, 6) is -1.52. The lowest BCUT2D eigenvalue weighted by atomic mass is 10.1. The Labute approximate surface area is 121 Å². The molecule has 0 aromatic heterocycles. The minimum Gasteiger partial charge on any atom is -0.465 e. The molecule has 21 heavy (non-hydrogen) atoms. The van der Waals surface area contributed by atoms with Crippen molar-refractivity contribution in [3.63, 3.8) is 0 Å². The number of esters is 1. The number of nitrogens with one attached hydrogen (secondary N) is 1. The van der Waals surface area contributed by atoms with Crippen LogP contribution in [0.3, 0.4) is 0 Å². The first-order chi connectivity index (χ1) is 10.0. The number of carbonyl (C=O) groups is 1. The van der Waals surface area contributed by atoms with Crippen molar-refractivity contribution in [1.82, 2.24) is 0 Å². The van der Waals surface area contributed by atoms with E-state index in [0.717, 1.165) is 18.2 Å². The van der Waals surface area contributed by atoms with E-state index in [9.17, 15) is 13.6 Å². The van der Waals surface area contributed by atoms with E-state index in [-0.39, 0.29) is 5.56 Å². The molecular weight excluding hydrogens is 276 g/mol. The van der Waals surface area contributed by atoms with E-state index >= 15 is 0 Å². The van der Waals surface area contributed by atoms with Crippen LogP contribution in [0.25, 0.3) is 0 Å². The van der Waals surface area contributed by atoms with Crippen LogP contribution in [-0.4, -0.2) is 13.1 Å². The molecular formula is C16H15F2NO2. The van der Waals surface area contributed by atoms with Crippen LogP contribution < -0.4 is 5.32 Å². The zero-order valence-electron chi connectivity index (χ0n) is 11.7. The van der Waals surface area contributed by atoms with Gasteiger partial charge in [-0.2, -0.15) is 0 Å². The van der Waals surface area contributed by atoms with Crippen LogP contribution in [0.4, 0.5) is 14.5 Å². The molecule has 0 fully saturated rings. The molecule has 2 aromatic carbocycles. The summed E-state index contributed by atoms with van der Waals surface area (Å²) in [6.45, 7) is 1.69. The fourth-order valence-electron chi connectivity index (χ4n) is 2.05. The maximum absolute atomic E-state index is 13.7. The first-order valence-corrected chi connectivity index (χ1v) is 6.41. The van der Waals surface area contributed by atoms with Gasteiger partial charge in [-0.25, -0.2) is 13.6 Å². The molecule has 2 aromatic rings. The van der Waals surface area contributed by atoms with Gasteiger partial charge in [-0.15, -0.1) is 0 Å². The predicted molar refractivity (Wildman–Crippen MR) is 76.2 cm³/mol. The van der Waals surface area contributed by atoms with E-state index in [2.05, 4.69) is 5.32 Å². The van der Waals surface area contributed by atoms with Crippen molar-refractivity contribution in [2.45, 2.75) is 13.0 Å². The second kappa shape index (κ2) is 6.35. The molecule has 1 unspecified atom stereocenters. The monoisotopic (exact) mass is 291 g/mol. The Balaban J connectivity index is 2.30. The number of methoxy groups -OCH3 is 1. The lowest BCUT2D eigenvalue weighted by Gasteiger charge is -2.18. The van der Waals surface area contributed by atoms with E-state index in [1.165, 1.54) is 7.11 Å². The van der Waals surface area contributed by atoms with Gasteiger partial charge in [0, 0.05) is 11.3 Å². The zero-order valence-corrected chi connectivity index (χ0v) is 11.7. The van der Waals surface area contributed by atoms with Gasteiger partial charge < -0.3 is 10.1 Å². The number of halogens is 2. The number of ether oxygens (including phenoxy) is 1. The topological polar surface area (TPSA) is 38.3 Å². The lowest BCUT2D eigenvalue weighted by Crippen LogP contribution is -2.13. The second-order valence-corrected chi connectivity index (χ2v) is 4.57. The zero-order chi connectivity index (χ0) is 15.4. The number of benzene rings is 2. The highest BCUT2D eigenvalue weighted by Crippen LogP contribution is 2.25. The van der Waals surface area contributed by atoms with Crippen LogP contribution in [0.2, 0.25) is 0 Å². The van der Waals surface area contributed by atoms with Gasteiger partial charge in [-0.3, -0.25) is 0 Å². The molecule has 3 nitrogen and oxygen atoms in total. The summed E-state index contributed by atoms with van der Waals surface area (Å²) in [6.07, 6.45) is 0. The van der Waals surface area contributed by atoms with E-state index in [1.54, 1.807) is 31.2 Å². The highest BCUT2D eigenvalue weighted by Gasteiger charge is 2.16. The normalized spacial score (nSPS) is 11.8. The molecule has 0 amide bonds. The summed E-state index contributed by atoms with van der Waals surface area (Å²) in [5.41, 5.74) is 1.03. The molecule has 2 rings (SSSR count). The summed E-state index contributed by atoms with van der Waals surface area (Å²) in [5, 5.41) is 3.00. The predicted octanol–water partition coefficient (Wildman–Crippen LogP) is 3.92. The lowest BCUT2D eigenvalue weighted by molar-refractivity contribution is 0.0602. The molecule has 1 N–H and O–H groups in total. The molecule has 5 heteroatoms. The molecule has 0 heterocycles. The van der Waals surface area contributed by atoms with Gasteiger partial charge in [0.1, 0.15) is 11.6 Å². The maximum Gasteiger partial charge on any atom is 0.339 e. The Bertz CT molecular complexity index is 658. The van der Waals surface area contributed by atoms with Crippen LogP contribution in [-0.2, 0) is 4.74 Å². The van der Waals surface area contributed by atoms with Gasteiger partial charge in [-0.05, 0) is 37.3 Å². The van der Waals surface area contributed by atoms with Crippen molar-refractivity contribution in [3.8, 4) is 0 Å². The number of para-hydroxylation sites is 1. The van der Waals surface area contributed by atoms with Crippen LogP contribution in [0, 0.1) is 11.6 Å². The Kier molecular flexibility index (Phi) is 4.52. The summed E-state index contributed by atoms with van der Waals surface area (Å²) in [4.78, 5) is 11.7. The molecule has 0 aliphatic carbocycles. The van der Waals surface area contributed by atoms with Gasteiger partial charge in [0.25, 0.3) is 0 Å². The molecule has 110 valence electrons. The number of hydrogen-bond acceptors (Lipinski definition) is 3. The van der Waals surface area contributed by atoms with Gasteiger partial charge in [0.05, 0.1) is 18.7 Å². The number of anilines is 1. The van der Waals surface area contributed by atoms with Crippen molar-refractivity contribution >= 4 is 11.7 Å². The van der Waals surface area contributed by atoms with Gasteiger partial charge >= 0.3 is 5.97 Å². The van der Waals surface area contributed by atoms with Crippen molar-refractivity contribution in [1.29, 1.82) is 0 Å². The van der Waals surface area contributed by atoms with Gasteiger partial charge in [-0.1, -0.05) is 12.1 Å². The quantitative estimate of drug-likeness (QED) is 0.868. The molecule has 0 saturated carbocycles. The molecule has 0 saturated heterocycles. The molecule has 0 aliphatic rings. The fourth-order valence-corrected chi connectivity index (χ4v) is 2.05. The van der Waals surface area contributed by atoms with Crippen LogP contribution in [0.1, 0.15) is 28.9 Å². The third kappa shape index (κ3) is 3.37. The summed E-state index contributed by atoms with van der Waals surface area (Å²) >= 11 is 0. The molecule has 0 spiro atoms. The summed E-state index contributed by atoms with van der Waals surface area (Å²) in [7, 11) is 1.29. The highest BCUT2D eigenvalue weighted by atomic mass is 19.1. The molecule has 0 aliphatic heterocycles. The Morgan fingerprint density at radius 2 is 1.90 bits per heavy atom. The van der Waals surface area contributed by atoms with Crippen LogP contribution >= 0.6 is 0 Å². The number of rotatable bonds is 4. The van der Waals surface area contributed by atoms with Crippen molar-refractivity contribution < 1.29 is 18.3 Å². The smallest absolute Gasteiger partial charge is 0.339 e. The Hall–Kier alpha value is -2.43. The van der Waals surface area contributed by atoms with E-state index in [1.807, 2.05) is 0 Å². The molecule has 1 atom stereocenters. The Morgan fingerprint density at radius 1 is 1.19 bits per heavy atom. The number of hydrogen-bond donors (Lipinski definition) is 1. The van der Waals surface area contributed by atoms with Crippen LogP contribution in [0.5, 0.6) is 0 Å². The molecule has 0 radical (unpaired) electrons. The largest absolute Gasteiger partial charge is 0.465 e. The second-order valence-electron chi connectivity index (χ2n) is 4.57. The fraction of sp³-hybridized carbons (Fsp3) is 0.188. The van der Waals surface area contributed by atoms with Crippen molar-refractivity contribution in [2.24, 2.45) is 0 Å². The maximum atomic E-state index is 13.7.